The van der Waals surface area contributed by atoms with Crippen LogP contribution in [-0.4, -0.2) is 49.1 Å². The number of aliphatic hydroxyl groups is 2. The van der Waals surface area contributed by atoms with Crippen LogP contribution in [0, 0.1) is 13.8 Å². The van der Waals surface area contributed by atoms with Crippen molar-refractivity contribution in [2.75, 3.05) is 13.2 Å². The molecular formula is C21H18ClF3N4O3S. The van der Waals surface area contributed by atoms with Crippen LogP contribution in [0.4, 0.5) is 13.2 Å². The van der Waals surface area contributed by atoms with Crippen LogP contribution in [0.1, 0.15) is 16.7 Å². The van der Waals surface area contributed by atoms with Crippen molar-refractivity contribution in [2.24, 2.45) is 0 Å². The first-order valence-electron chi connectivity index (χ1n) is 9.69. The van der Waals surface area contributed by atoms with Gasteiger partial charge >= 0.3 is 6.18 Å². The molecule has 3 heterocycles. The van der Waals surface area contributed by atoms with Crippen LogP contribution in [-0.2, 0) is 6.18 Å². The van der Waals surface area contributed by atoms with Crippen LogP contribution in [0.2, 0.25) is 5.02 Å². The van der Waals surface area contributed by atoms with Crippen molar-refractivity contribution < 1.29 is 28.1 Å². The van der Waals surface area contributed by atoms with Crippen molar-refractivity contribution in [3.05, 3.63) is 52.3 Å². The highest BCUT2D eigenvalue weighted by molar-refractivity contribution is 7.17. The molecule has 0 saturated heterocycles. The monoisotopic (exact) mass is 498 g/mol. The Morgan fingerprint density at radius 3 is 2.55 bits per heavy atom. The van der Waals surface area contributed by atoms with Crippen LogP contribution in [0.3, 0.4) is 0 Å². The Morgan fingerprint density at radius 2 is 1.85 bits per heavy atom. The number of pyridine rings is 1. The van der Waals surface area contributed by atoms with Crippen LogP contribution < -0.4 is 4.74 Å². The molecule has 1 atom stereocenters. The summed E-state index contributed by atoms with van der Waals surface area (Å²) in [5.74, 6) is 0.573. The number of aryl methyl sites for hydroxylation is 2. The summed E-state index contributed by atoms with van der Waals surface area (Å²) in [5, 5.41) is 27.7. The molecule has 2 N–H and O–H groups in total. The Balaban J connectivity index is 1.65. The highest BCUT2D eigenvalue weighted by Gasteiger charge is 2.32. The standard InChI is InChI=1S/C21H18ClF3N4O3S/c1-10-4-17(32-9-13(31)8-30)11(2)3-14(10)19-27-28-20(33-19)16-7-29-6-12(21(23,24)25)5-15(22)18(29)26-16/h3-7,13,30-31H,8-9H2,1-2H3. The largest absolute Gasteiger partial charge is 0.491 e. The molecule has 3 aromatic heterocycles. The van der Waals surface area contributed by atoms with Gasteiger partial charge in [0.15, 0.2) is 10.7 Å². The van der Waals surface area contributed by atoms with Crippen molar-refractivity contribution in [3.8, 4) is 27.0 Å². The number of imidazole rings is 1. The average Bonchev–Trinajstić information content (AvgIpc) is 3.40. The van der Waals surface area contributed by atoms with E-state index in [1.165, 1.54) is 21.9 Å². The Bertz CT molecular complexity index is 1320. The molecule has 12 heteroatoms. The number of aliphatic hydroxyl groups excluding tert-OH is 2. The molecule has 1 aromatic carbocycles. The Hall–Kier alpha value is -2.73. The molecule has 0 radical (unpaired) electrons. The second kappa shape index (κ2) is 8.90. The zero-order valence-corrected chi connectivity index (χ0v) is 19.0. The molecule has 0 amide bonds. The van der Waals surface area contributed by atoms with E-state index in [0.717, 1.165) is 29.0 Å². The molecule has 1 unspecified atom stereocenters. The van der Waals surface area contributed by atoms with Crippen molar-refractivity contribution in [3.63, 3.8) is 0 Å². The van der Waals surface area contributed by atoms with E-state index in [9.17, 15) is 18.3 Å². The minimum Gasteiger partial charge on any atom is -0.491 e. The van der Waals surface area contributed by atoms with Crippen molar-refractivity contribution >= 4 is 28.6 Å². The van der Waals surface area contributed by atoms with Crippen molar-refractivity contribution in [2.45, 2.75) is 26.1 Å². The predicted octanol–water partition coefficient (Wildman–Crippen LogP) is 4.54. The van der Waals surface area contributed by atoms with Gasteiger partial charge in [0.1, 0.15) is 29.2 Å². The molecule has 0 fully saturated rings. The number of fused-ring (bicyclic) bond motifs is 1. The van der Waals surface area contributed by atoms with Gasteiger partial charge in [-0.3, -0.25) is 0 Å². The fourth-order valence-corrected chi connectivity index (χ4v) is 4.30. The van der Waals surface area contributed by atoms with E-state index in [4.69, 9.17) is 21.4 Å². The third-order valence-corrected chi connectivity index (χ3v) is 6.13. The van der Waals surface area contributed by atoms with E-state index in [1.807, 2.05) is 19.9 Å². The van der Waals surface area contributed by atoms with Gasteiger partial charge in [-0.2, -0.15) is 13.2 Å². The topological polar surface area (TPSA) is 92.8 Å². The second-order valence-electron chi connectivity index (χ2n) is 7.42. The lowest BCUT2D eigenvalue weighted by Crippen LogP contribution is -2.21. The highest BCUT2D eigenvalue weighted by Crippen LogP contribution is 2.36. The summed E-state index contributed by atoms with van der Waals surface area (Å²) in [7, 11) is 0. The number of ether oxygens (including phenoxy) is 1. The molecule has 33 heavy (non-hydrogen) atoms. The molecule has 4 rings (SSSR count). The number of hydrogen-bond donors (Lipinski definition) is 2. The summed E-state index contributed by atoms with van der Waals surface area (Å²) in [6.45, 7) is 3.28. The second-order valence-corrected chi connectivity index (χ2v) is 8.81. The zero-order valence-electron chi connectivity index (χ0n) is 17.4. The molecule has 174 valence electrons. The molecule has 7 nitrogen and oxygen atoms in total. The molecular weight excluding hydrogens is 481 g/mol. The molecule has 0 spiro atoms. The van der Waals surface area contributed by atoms with Crippen molar-refractivity contribution in [1.29, 1.82) is 0 Å². The van der Waals surface area contributed by atoms with Crippen molar-refractivity contribution in [1.82, 2.24) is 19.6 Å². The minimum atomic E-state index is -4.53. The lowest BCUT2D eigenvalue weighted by Gasteiger charge is -2.14. The Labute approximate surface area is 195 Å². The van der Waals surface area contributed by atoms with E-state index in [2.05, 4.69) is 15.2 Å². The molecule has 0 bridgehead atoms. The predicted molar refractivity (Wildman–Crippen MR) is 118 cm³/mol. The van der Waals surface area contributed by atoms with E-state index in [1.54, 1.807) is 6.07 Å². The quantitative estimate of drug-likeness (QED) is 0.405. The van der Waals surface area contributed by atoms with Gasteiger partial charge in [0.25, 0.3) is 0 Å². The fraction of sp³-hybridized carbons (Fsp3) is 0.286. The van der Waals surface area contributed by atoms with Gasteiger partial charge in [-0.15, -0.1) is 10.2 Å². The van der Waals surface area contributed by atoms with Crippen LogP contribution in [0.15, 0.2) is 30.6 Å². The number of aromatic nitrogens is 4. The Kier molecular flexibility index (Phi) is 6.32. The number of benzene rings is 1. The first-order chi connectivity index (χ1) is 15.6. The number of rotatable bonds is 6. The smallest absolute Gasteiger partial charge is 0.417 e. The maximum Gasteiger partial charge on any atom is 0.417 e. The van der Waals surface area contributed by atoms with E-state index in [0.29, 0.717) is 21.5 Å². The lowest BCUT2D eigenvalue weighted by atomic mass is 10.1. The number of hydrogen-bond acceptors (Lipinski definition) is 7. The molecule has 0 aliphatic heterocycles. The molecule has 4 aromatic rings. The van der Waals surface area contributed by atoms with Crippen LogP contribution in [0.5, 0.6) is 5.75 Å². The van der Waals surface area contributed by atoms with Gasteiger partial charge in [-0.05, 0) is 43.2 Å². The van der Waals surface area contributed by atoms with Gasteiger partial charge in [0.2, 0.25) is 0 Å². The summed E-state index contributed by atoms with van der Waals surface area (Å²) in [6.07, 6.45) is -3.14. The third kappa shape index (κ3) is 4.81. The summed E-state index contributed by atoms with van der Waals surface area (Å²) in [6, 6.07) is 4.52. The number of nitrogens with zero attached hydrogens (tertiary/aromatic N) is 4. The SMILES string of the molecule is Cc1cc(-c2nnc(-c3cn4cc(C(F)(F)F)cc(Cl)c4n3)s2)c(C)cc1OCC(O)CO. The normalized spacial score (nSPS) is 13.0. The third-order valence-electron chi connectivity index (χ3n) is 4.87. The maximum atomic E-state index is 13.1. The number of halogens is 4. The average molecular weight is 499 g/mol. The summed E-state index contributed by atoms with van der Waals surface area (Å²) in [4.78, 5) is 4.32. The van der Waals surface area contributed by atoms with E-state index >= 15 is 0 Å². The molecule has 0 saturated carbocycles. The minimum absolute atomic E-state index is 0.0361. The lowest BCUT2D eigenvalue weighted by molar-refractivity contribution is -0.137. The van der Waals surface area contributed by atoms with Gasteiger partial charge in [0.05, 0.1) is 17.2 Å². The van der Waals surface area contributed by atoms with Gasteiger partial charge < -0.3 is 19.4 Å². The molecule has 0 aliphatic carbocycles. The van der Waals surface area contributed by atoms with Crippen LogP contribution >= 0.6 is 22.9 Å². The van der Waals surface area contributed by atoms with Gasteiger partial charge in [0, 0.05) is 18.0 Å². The highest BCUT2D eigenvalue weighted by atomic mass is 35.5. The zero-order chi connectivity index (χ0) is 23.9. The van der Waals surface area contributed by atoms with Gasteiger partial charge in [-0.25, -0.2) is 4.98 Å². The molecule has 0 aliphatic rings. The van der Waals surface area contributed by atoms with Crippen LogP contribution in [0.25, 0.3) is 26.9 Å². The fourth-order valence-electron chi connectivity index (χ4n) is 3.16. The first kappa shape index (κ1) is 23.4. The maximum absolute atomic E-state index is 13.1. The van der Waals surface area contributed by atoms with Gasteiger partial charge in [-0.1, -0.05) is 22.9 Å². The first-order valence-corrected chi connectivity index (χ1v) is 10.9. The summed E-state index contributed by atoms with van der Waals surface area (Å²) < 4.78 is 46.0. The van der Waals surface area contributed by atoms with E-state index < -0.39 is 24.5 Å². The number of alkyl halides is 3. The summed E-state index contributed by atoms with van der Waals surface area (Å²) >= 11 is 7.26. The Morgan fingerprint density at radius 1 is 1.12 bits per heavy atom. The summed E-state index contributed by atoms with van der Waals surface area (Å²) in [5.41, 5.74) is 2.14. The van der Waals surface area contributed by atoms with E-state index in [-0.39, 0.29) is 17.3 Å².